The van der Waals surface area contributed by atoms with Gasteiger partial charge in [0.2, 0.25) is 0 Å². The zero-order chi connectivity index (χ0) is 13.7. The van der Waals surface area contributed by atoms with Crippen LogP contribution in [0.1, 0.15) is 6.92 Å². The van der Waals surface area contributed by atoms with Gasteiger partial charge in [0, 0.05) is 0 Å². The lowest BCUT2D eigenvalue weighted by atomic mass is 10.1. The van der Waals surface area contributed by atoms with Crippen molar-refractivity contribution in [2.24, 2.45) is 0 Å². The number of benzene rings is 1. The fourth-order valence-corrected chi connectivity index (χ4v) is 1.80. The van der Waals surface area contributed by atoms with E-state index in [1.165, 1.54) is 6.07 Å². The summed E-state index contributed by atoms with van der Waals surface area (Å²) in [4.78, 5) is 23.2. The van der Waals surface area contributed by atoms with Gasteiger partial charge in [-0.25, -0.2) is 4.79 Å². The predicted octanol–water partition coefficient (Wildman–Crippen LogP) is 2.14. The summed E-state index contributed by atoms with van der Waals surface area (Å²) < 4.78 is 10.2. The number of carbonyl (C=O) groups excluding carboxylic acids is 1. The Kier molecular flexibility index (Phi) is 4.13. The van der Waals surface area contributed by atoms with Crippen molar-refractivity contribution < 1.29 is 14.3 Å². The molecule has 2 aromatic carbocycles. The largest absolute Gasteiger partial charge is 0.481 e. The molecule has 0 saturated carbocycles. The zero-order valence-electron chi connectivity index (χ0n) is 10.6. The van der Waals surface area contributed by atoms with Gasteiger partial charge in [0.25, 0.3) is 0 Å². The van der Waals surface area contributed by atoms with Gasteiger partial charge >= 0.3 is 5.97 Å². The van der Waals surface area contributed by atoms with Gasteiger partial charge in [0.05, 0.1) is 12.0 Å². The van der Waals surface area contributed by atoms with Crippen LogP contribution in [0, 0.1) is 0 Å². The first-order valence-electron chi connectivity index (χ1n) is 6.03. The highest BCUT2D eigenvalue weighted by Crippen LogP contribution is 2.21. The SMILES string of the molecule is CCOC(=O)COc1cccc2ccccc(=O)c12. The Morgan fingerprint density at radius 3 is 2.63 bits per heavy atom. The molecule has 0 aliphatic carbocycles. The molecule has 0 saturated heterocycles. The summed E-state index contributed by atoms with van der Waals surface area (Å²) in [7, 11) is 0. The first-order valence-corrected chi connectivity index (χ1v) is 6.03. The Morgan fingerprint density at radius 2 is 1.84 bits per heavy atom. The van der Waals surface area contributed by atoms with Crippen molar-refractivity contribution in [3.05, 3.63) is 52.7 Å². The molecule has 98 valence electrons. The first kappa shape index (κ1) is 13.1. The summed E-state index contributed by atoms with van der Waals surface area (Å²) in [5, 5.41) is 1.24. The van der Waals surface area contributed by atoms with E-state index in [0.717, 1.165) is 5.39 Å². The van der Waals surface area contributed by atoms with Gasteiger partial charge in [-0.1, -0.05) is 30.3 Å². The van der Waals surface area contributed by atoms with Crippen molar-refractivity contribution in [3.8, 4) is 5.75 Å². The van der Waals surface area contributed by atoms with Crippen LogP contribution >= 0.6 is 0 Å². The van der Waals surface area contributed by atoms with Gasteiger partial charge < -0.3 is 9.47 Å². The van der Waals surface area contributed by atoms with Gasteiger partial charge in [-0.2, -0.15) is 0 Å². The maximum absolute atomic E-state index is 12.0. The second-order valence-corrected chi connectivity index (χ2v) is 3.90. The van der Waals surface area contributed by atoms with E-state index in [0.29, 0.717) is 17.7 Å². The number of hydrogen-bond acceptors (Lipinski definition) is 4. The molecule has 4 heteroatoms. The molecule has 2 aromatic rings. The molecule has 4 nitrogen and oxygen atoms in total. The Balaban J connectivity index is 2.37. The molecule has 2 rings (SSSR count). The van der Waals surface area contributed by atoms with Crippen molar-refractivity contribution in [2.45, 2.75) is 6.92 Å². The summed E-state index contributed by atoms with van der Waals surface area (Å²) in [6.07, 6.45) is 0. The average Bonchev–Trinajstić information content (AvgIpc) is 2.59. The fourth-order valence-electron chi connectivity index (χ4n) is 1.80. The molecule has 19 heavy (non-hydrogen) atoms. The van der Waals surface area contributed by atoms with Gasteiger partial charge in [-0.05, 0) is 24.4 Å². The topological polar surface area (TPSA) is 52.6 Å². The molecule has 0 heterocycles. The van der Waals surface area contributed by atoms with Crippen LogP contribution in [0.15, 0.2) is 47.3 Å². The number of hydrogen-bond donors (Lipinski definition) is 0. The minimum absolute atomic E-state index is 0.139. The maximum atomic E-state index is 12.0. The summed E-state index contributed by atoms with van der Waals surface area (Å²) in [5.41, 5.74) is -0.139. The number of carbonyl (C=O) groups is 1. The molecule has 0 fully saturated rings. The van der Waals surface area contributed by atoms with E-state index in [2.05, 4.69) is 0 Å². The van der Waals surface area contributed by atoms with E-state index in [1.807, 2.05) is 12.1 Å². The van der Waals surface area contributed by atoms with E-state index >= 15 is 0 Å². The van der Waals surface area contributed by atoms with Gasteiger partial charge in [-0.15, -0.1) is 0 Å². The fraction of sp³-hybridized carbons (Fsp3) is 0.200. The first-order chi connectivity index (χ1) is 9.22. The number of ether oxygens (including phenoxy) is 2. The lowest BCUT2D eigenvalue weighted by Gasteiger charge is -2.07. The monoisotopic (exact) mass is 258 g/mol. The third kappa shape index (κ3) is 3.10. The van der Waals surface area contributed by atoms with Crippen LogP contribution in [0.3, 0.4) is 0 Å². The van der Waals surface area contributed by atoms with Crippen LogP contribution < -0.4 is 10.2 Å². The van der Waals surface area contributed by atoms with Crippen LogP contribution in [0.25, 0.3) is 10.8 Å². The van der Waals surface area contributed by atoms with Crippen LogP contribution in [-0.2, 0) is 9.53 Å². The van der Waals surface area contributed by atoms with Crippen molar-refractivity contribution in [1.29, 1.82) is 0 Å². The number of fused-ring (bicyclic) bond motifs is 1. The number of rotatable bonds is 4. The van der Waals surface area contributed by atoms with Crippen molar-refractivity contribution in [3.63, 3.8) is 0 Å². The molecule has 0 spiro atoms. The van der Waals surface area contributed by atoms with Crippen LogP contribution in [0.2, 0.25) is 0 Å². The minimum atomic E-state index is -0.452. The highest BCUT2D eigenvalue weighted by molar-refractivity contribution is 5.87. The quantitative estimate of drug-likeness (QED) is 0.788. The number of esters is 1. The predicted molar refractivity (Wildman–Crippen MR) is 72.3 cm³/mol. The second-order valence-electron chi connectivity index (χ2n) is 3.90. The smallest absolute Gasteiger partial charge is 0.344 e. The van der Waals surface area contributed by atoms with E-state index < -0.39 is 5.97 Å². The van der Waals surface area contributed by atoms with Crippen molar-refractivity contribution in [1.82, 2.24) is 0 Å². The summed E-state index contributed by atoms with van der Waals surface area (Å²) >= 11 is 0. The molecule has 0 aliphatic rings. The van der Waals surface area contributed by atoms with Crippen molar-refractivity contribution in [2.75, 3.05) is 13.2 Å². The molecule has 0 unspecified atom stereocenters. The summed E-state index contributed by atoms with van der Waals surface area (Å²) in [6.45, 7) is 1.83. The minimum Gasteiger partial charge on any atom is -0.481 e. The standard InChI is InChI=1S/C15H14O4/c1-2-18-14(17)10-19-13-9-5-7-11-6-3-4-8-12(16)15(11)13/h3-9H,2,10H2,1H3. The van der Waals surface area contributed by atoms with Gasteiger partial charge in [-0.3, -0.25) is 4.79 Å². The van der Waals surface area contributed by atoms with E-state index in [-0.39, 0.29) is 12.0 Å². The molecule has 0 radical (unpaired) electrons. The molecule has 0 atom stereocenters. The van der Waals surface area contributed by atoms with Crippen LogP contribution in [0.5, 0.6) is 5.75 Å². The van der Waals surface area contributed by atoms with Crippen LogP contribution in [-0.4, -0.2) is 19.2 Å². The van der Waals surface area contributed by atoms with Gasteiger partial charge in [0.15, 0.2) is 12.0 Å². The van der Waals surface area contributed by atoms with E-state index in [1.54, 1.807) is 31.2 Å². The van der Waals surface area contributed by atoms with Crippen molar-refractivity contribution >= 4 is 16.7 Å². The molecular formula is C15H14O4. The zero-order valence-corrected chi connectivity index (χ0v) is 10.6. The highest BCUT2D eigenvalue weighted by Gasteiger charge is 2.07. The van der Waals surface area contributed by atoms with Crippen LogP contribution in [0.4, 0.5) is 0 Å². The molecule has 0 N–H and O–H groups in total. The molecular weight excluding hydrogens is 244 g/mol. The third-order valence-corrected chi connectivity index (χ3v) is 2.59. The van der Waals surface area contributed by atoms with Gasteiger partial charge in [0.1, 0.15) is 5.75 Å². The Morgan fingerprint density at radius 1 is 1.11 bits per heavy atom. The lowest BCUT2D eigenvalue weighted by molar-refractivity contribution is -0.145. The average molecular weight is 258 g/mol. The summed E-state index contributed by atoms with van der Waals surface area (Å²) in [6, 6.07) is 12.0. The summed E-state index contributed by atoms with van der Waals surface area (Å²) in [5.74, 6) is -0.0565. The van der Waals surface area contributed by atoms with E-state index in [9.17, 15) is 9.59 Å². The molecule has 0 amide bonds. The highest BCUT2D eigenvalue weighted by atomic mass is 16.6. The Hall–Kier alpha value is -2.36. The third-order valence-electron chi connectivity index (χ3n) is 2.59. The molecule has 0 aliphatic heterocycles. The Bertz CT molecular complexity index is 649. The molecule has 0 aromatic heterocycles. The second kappa shape index (κ2) is 6.00. The van der Waals surface area contributed by atoms with E-state index in [4.69, 9.17) is 9.47 Å². The normalized spacial score (nSPS) is 10.2. The lowest BCUT2D eigenvalue weighted by Crippen LogP contribution is -2.15. The maximum Gasteiger partial charge on any atom is 0.344 e. The molecule has 0 bridgehead atoms. The Labute approximate surface area is 110 Å².